The molecule has 33 heavy (non-hydrogen) atoms. The van der Waals surface area contributed by atoms with Crippen LogP contribution in [0.1, 0.15) is 23.1 Å². The lowest BCUT2D eigenvalue weighted by molar-refractivity contribution is -0.125. The molecule has 1 aromatic carbocycles. The van der Waals surface area contributed by atoms with E-state index in [0.717, 1.165) is 42.0 Å². The van der Waals surface area contributed by atoms with Gasteiger partial charge in [-0.15, -0.1) is 0 Å². The molecule has 0 radical (unpaired) electrons. The number of benzene rings is 1. The smallest absolute Gasteiger partial charge is 0.246 e. The molecule has 1 N–H and O–H groups in total. The molecule has 1 fully saturated rings. The van der Waals surface area contributed by atoms with Crippen LogP contribution in [-0.4, -0.2) is 53.3 Å². The Morgan fingerprint density at radius 1 is 1.24 bits per heavy atom. The molecule has 2 atom stereocenters. The largest absolute Gasteiger partial charge is 0.497 e. The van der Waals surface area contributed by atoms with Crippen LogP contribution < -0.4 is 10.1 Å². The molecule has 1 saturated heterocycles. The monoisotopic (exact) mass is 444 g/mol. The predicted molar refractivity (Wildman–Crippen MR) is 126 cm³/mol. The van der Waals surface area contributed by atoms with Crippen molar-refractivity contribution in [2.75, 3.05) is 32.1 Å². The number of nitrogens with one attached hydrogen (secondary N) is 1. The van der Waals surface area contributed by atoms with Crippen molar-refractivity contribution in [1.82, 2.24) is 14.8 Å². The number of pyridine rings is 1. The van der Waals surface area contributed by atoms with Crippen molar-refractivity contribution in [2.45, 2.75) is 19.5 Å². The van der Waals surface area contributed by atoms with Gasteiger partial charge in [0.25, 0.3) is 0 Å². The van der Waals surface area contributed by atoms with E-state index in [-0.39, 0.29) is 18.4 Å². The van der Waals surface area contributed by atoms with Crippen LogP contribution in [0, 0.1) is 11.8 Å². The minimum absolute atomic E-state index is 0.0437. The van der Waals surface area contributed by atoms with E-state index in [2.05, 4.69) is 27.4 Å². The van der Waals surface area contributed by atoms with Crippen LogP contribution in [-0.2, 0) is 22.7 Å². The summed E-state index contributed by atoms with van der Waals surface area (Å²) < 4.78 is 5.22. The van der Waals surface area contributed by atoms with E-state index in [1.165, 1.54) is 0 Å². The number of methoxy groups -OCH3 is 1. The van der Waals surface area contributed by atoms with E-state index in [9.17, 15) is 9.59 Å². The molecule has 2 aliphatic heterocycles. The molecule has 1 aliphatic carbocycles. The zero-order valence-electron chi connectivity index (χ0n) is 18.7. The zero-order valence-corrected chi connectivity index (χ0v) is 18.7. The summed E-state index contributed by atoms with van der Waals surface area (Å²) in [6.07, 6.45) is 10.7. The van der Waals surface area contributed by atoms with Gasteiger partial charge in [-0.1, -0.05) is 24.3 Å². The molecule has 0 bridgehead atoms. The minimum Gasteiger partial charge on any atom is -0.497 e. The Kier molecular flexibility index (Phi) is 5.96. The molecule has 2 amide bonds. The van der Waals surface area contributed by atoms with E-state index in [1.807, 2.05) is 41.3 Å². The van der Waals surface area contributed by atoms with Gasteiger partial charge in [0.15, 0.2) is 0 Å². The molecule has 0 spiro atoms. The molecule has 5 rings (SSSR count). The number of rotatable bonds is 5. The van der Waals surface area contributed by atoms with Crippen molar-refractivity contribution >= 4 is 23.7 Å². The summed E-state index contributed by atoms with van der Waals surface area (Å²) >= 11 is 0. The van der Waals surface area contributed by atoms with Gasteiger partial charge in [0, 0.05) is 44.0 Å². The molecule has 170 valence electrons. The molecule has 0 saturated carbocycles. The number of ether oxygens (including phenoxy) is 1. The molecule has 7 nitrogen and oxygen atoms in total. The number of amides is 2. The average Bonchev–Trinajstić information content (AvgIpc) is 3.38. The fraction of sp³-hybridized carbons (Fsp3) is 0.346. The van der Waals surface area contributed by atoms with Crippen LogP contribution >= 0.6 is 0 Å². The number of fused-ring (bicyclic) bond motifs is 2. The third-order valence-corrected chi connectivity index (χ3v) is 6.62. The maximum atomic E-state index is 12.7. The number of likely N-dealkylation sites (tertiary alicyclic amines) is 1. The Balaban J connectivity index is 1.27. The summed E-state index contributed by atoms with van der Waals surface area (Å²) in [7, 11) is 1.64. The number of aromatic nitrogens is 1. The van der Waals surface area contributed by atoms with Gasteiger partial charge in [0.1, 0.15) is 11.6 Å². The first-order valence-corrected chi connectivity index (χ1v) is 11.3. The van der Waals surface area contributed by atoms with Crippen molar-refractivity contribution in [2.24, 2.45) is 11.8 Å². The van der Waals surface area contributed by atoms with Crippen molar-refractivity contribution in [3.8, 4) is 5.75 Å². The number of hydrogen-bond donors (Lipinski definition) is 1. The minimum atomic E-state index is -0.0816. The van der Waals surface area contributed by atoms with E-state index < -0.39 is 0 Å². The van der Waals surface area contributed by atoms with E-state index in [4.69, 9.17) is 4.74 Å². The van der Waals surface area contributed by atoms with E-state index >= 15 is 0 Å². The average molecular weight is 445 g/mol. The molecule has 2 unspecified atom stereocenters. The van der Waals surface area contributed by atoms with Gasteiger partial charge in [-0.05, 0) is 53.7 Å². The second-order valence-electron chi connectivity index (χ2n) is 8.98. The first-order chi connectivity index (χ1) is 16.1. The second kappa shape index (κ2) is 9.19. The summed E-state index contributed by atoms with van der Waals surface area (Å²) in [5.74, 6) is 2.44. The van der Waals surface area contributed by atoms with Gasteiger partial charge in [-0.25, -0.2) is 4.98 Å². The summed E-state index contributed by atoms with van der Waals surface area (Å²) in [5, 5.41) is 2.90. The number of anilines is 1. The highest BCUT2D eigenvalue weighted by atomic mass is 16.5. The number of hydrogen-bond acceptors (Lipinski definition) is 5. The summed E-state index contributed by atoms with van der Waals surface area (Å²) in [4.78, 5) is 33.5. The Morgan fingerprint density at radius 2 is 2.09 bits per heavy atom. The number of carbonyl (C=O) groups excluding carboxylic acids is 2. The normalized spacial score (nSPS) is 22.2. The zero-order chi connectivity index (χ0) is 22.8. The van der Waals surface area contributed by atoms with Crippen molar-refractivity contribution in [3.05, 3.63) is 71.4 Å². The highest BCUT2D eigenvalue weighted by Crippen LogP contribution is 2.32. The third-order valence-electron chi connectivity index (χ3n) is 6.62. The quantitative estimate of drug-likeness (QED) is 0.567. The fourth-order valence-corrected chi connectivity index (χ4v) is 4.87. The molecular formula is C26H28N4O3. The van der Waals surface area contributed by atoms with Crippen LogP contribution in [0.4, 0.5) is 5.82 Å². The number of allylic oxidation sites excluding steroid dienone is 1. The first-order valence-electron chi connectivity index (χ1n) is 11.3. The van der Waals surface area contributed by atoms with Crippen LogP contribution in [0.2, 0.25) is 0 Å². The Bertz CT molecular complexity index is 1110. The van der Waals surface area contributed by atoms with Crippen molar-refractivity contribution < 1.29 is 14.3 Å². The molecule has 3 aliphatic rings. The predicted octanol–water partition coefficient (Wildman–Crippen LogP) is 3.09. The second-order valence-corrected chi connectivity index (χ2v) is 8.98. The van der Waals surface area contributed by atoms with Crippen LogP contribution in [0.15, 0.2) is 54.8 Å². The van der Waals surface area contributed by atoms with Gasteiger partial charge < -0.3 is 15.0 Å². The molecule has 3 heterocycles. The Hall–Kier alpha value is -3.45. The summed E-state index contributed by atoms with van der Waals surface area (Å²) in [6.45, 7) is 3.15. The third kappa shape index (κ3) is 4.83. The standard InChI is InChI=1S/C26H28N4O3/c1-33-23-8-5-18(6-9-23)13-29-14-22-11-19(12-27-26(22)28-24(31)17-29)7-10-25(32)30-15-20-3-2-4-21(20)16-30/h2-3,5-12,20-21H,4,13-17H2,1H3,(H,27,28,31)/b10-7+. The fourth-order valence-electron chi connectivity index (χ4n) is 4.87. The van der Waals surface area contributed by atoms with Crippen molar-refractivity contribution in [1.29, 1.82) is 0 Å². The highest BCUT2D eigenvalue weighted by molar-refractivity contribution is 5.93. The van der Waals surface area contributed by atoms with Gasteiger partial charge in [-0.3, -0.25) is 14.5 Å². The Morgan fingerprint density at radius 3 is 2.88 bits per heavy atom. The van der Waals surface area contributed by atoms with Gasteiger partial charge >= 0.3 is 0 Å². The maximum Gasteiger partial charge on any atom is 0.246 e. The lowest BCUT2D eigenvalue weighted by Crippen LogP contribution is -2.29. The van der Waals surface area contributed by atoms with Gasteiger partial charge in [-0.2, -0.15) is 0 Å². The molecular weight excluding hydrogens is 416 g/mol. The van der Waals surface area contributed by atoms with Crippen LogP contribution in [0.5, 0.6) is 5.75 Å². The molecule has 1 aromatic heterocycles. The van der Waals surface area contributed by atoms with Crippen LogP contribution in [0.25, 0.3) is 6.08 Å². The van der Waals surface area contributed by atoms with E-state index in [0.29, 0.717) is 30.7 Å². The van der Waals surface area contributed by atoms with Crippen molar-refractivity contribution in [3.63, 3.8) is 0 Å². The Labute approximate surface area is 193 Å². The topological polar surface area (TPSA) is 74.8 Å². The number of carbonyl (C=O) groups is 2. The van der Waals surface area contributed by atoms with Gasteiger partial charge in [0.2, 0.25) is 11.8 Å². The summed E-state index contributed by atoms with van der Waals surface area (Å²) in [6, 6.07) is 9.86. The lowest BCUT2D eigenvalue weighted by Gasteiger charge is -2.19. The van der Waals surface area contributed by atoms with Crippen LogP contribution in [0.3, 0.4) is 0 Å². The highest BCUT2D eigenvalue weighted by Gasteiger charge is 2.34. The maximum absolute atomic E-state index is 12.7. The first kappa shape index (κ1) is 21.4. The number of nitrogens with zero attached hydrogens (tertiary/aromatic N) is 3. The lowest BCUT2D eigenvalue weighted by atomic mass is 10.0. The molecule has 7 heteroatoms. The summed E-state index contributed by atoms with van der Waals surface area (Å²) in [5.41, 5.74) is 2.89. The molecule has 2 aromatic rings. The SMILES string of the molecule is COc1ccc(CN2CC(=O)Nc3ncc(/C=C/C(=O)N4CC5C=CCC5C4)cc3C2)cc1. The van der Waals surface area contributed by atoms with Gasteiger partial charge in [0.05, 0.1) is 13.7 Å². The van der Waals surface area contributed by atoms with E-state index in [1.54, 1.807) is 19.4 Å².